The summed E-state index contributed by atoms with van der Waals surface area (Å²) in [5.74, 6) is 0. The molecular formula is C14H30N4. The van der Waals surface area contributed by atoms with Gasteiger partial charge in [0.05, 0.1) is 0 Å². The van der Waals surface area contributed by atoms with Crippen molar-refractivity contribution in [3.63, 3.8) is 0 Å². The van der Waals surface area contributed by atoms with E-state index >= 15 is 0 Å². The van der Waals surface area contributed by atoms with Crippen molar-refractivity contribution in [3.05, 3.63) is 0 Å². The van der Waals surface area contributed by atoms with Gasteiger partial charge in [0.2, 0.25) is 0 Å². The van der Waals surface area contributed by atoms with E-state index in [1.54, 1.807) is 0 Å². The number of rotatable bonds is 4. The minimum Gasteiger partial charge on any atom is -0.315 e. The normalized spacial score (nSPS) is 25.5. The van der Waals surface area contributed by atoms with Crippen LogP contribution < -0.4 is 5.32 Å². The largest absolute Gasteiger partial charge is 0.315 e. The summed E-state index contributed by atoms with van der Waals surface area (Å²) >= 11 is 0. The van der Waals surface area contributed by atoms with Crippen LogP contribution in [0.3, 0.4) is 0 Å². The standard InChI is InChI=1S/C14H30N4/c1-16-9-4-14(5-10-16)17(2)12-13-18-8-3-6-15-7-11-18/h14-15H,3-13H2,1-2H3. The predicted molar refractivity (Wildman–Crippen MR) is 77.1 cm³/mol. The molecule has 2 aliphatic heterocycles. The summed E-state index contributed by atoms with van der Waals surface area (Å²) in [4.78, 5) is 7.65. The van der Waals surface area contributed by atoms with E-state index in [1.165, 1.54) is 65.1 Å². The van der Waals surface area contributed by atoms with E-state index in [4.69, 9.17) is 0 Å². The quantitative estimate of drug-likeness (QED) is 0.779. The molecule has 2 aliphatic rings. The number of likely N-dealkylation sites (N-methyl/N-ethyl adjacent to an activating group) is 1. The molecule has 0 radical (unpaired) electrons. The Kier molecular flexibility index (Phi) is 5.89. The molecule has 0 bridgehead atoms. The van der Waals surface area contributed by atoms with Crippen molar-refractivity contribution < 1.29 is 0 Å². The first-order valence-corrected chi connectivity index (χ1v) is 7.57. The summed E-state index contributed by atoms with van der Waals surface area (Å²) < 4.78 is 0. The smallest absolute Gasteiger partial charge is 0.0117 e. The Balaban J connectivity index is 1.65. The van der Waals surface area contributed by atoms with Crippen LogP contribution in [0, 0.1) is 0 Å². The number of piperidine rings is 1. The van der Waals surface area contributed by atoms with Gasteiger partial charge in [0, 0.05) is 32.2 Å². The maximum Gasteiger partial charge on any atom is 0.0117 e. The van der Waals surface area contributed by atoms with Crippen LogP contribution in [0.4, 0.5) is 0 Å². The number of nitrogens with one attached hydrogen (secondary N) is 1. The Hall–Kier alpha value is -0.160. The van der Waals surface area contributed by atoms with Crippen molar-refractivity contribution in [1.82, 2.24) is 20.0 Å². The summed E-state index contributed by atoms with van der Waals surface area (Å²) in [6.07, 6.45) is 3.99. The first kappa shape index (κ1) is 14.3. The van der Waals surface area contributed by atoms with E-state index in [-0.39, 0.29) is 0 Å². The molecule has 2 fully saturated rings. The molecule has 0 aromatic rings. The fraction of sp³-hybridized carbons (Fsp3) is 1.00. The van der Waals surface area contributed by atoms with Crippen molar-refractivity contribution in [2.75, 3.05) is 66.5 Å². The van der Waals surface area contributed by atoms with Crippen LogP contribution >= 0.6 is 0 Å². The second kappa shape index (κ2) is 7.43. The van der Waals surface area contributed by atoms with E-state index < -0.39 is 0 Å². The van der Waals surface area contributed by atoms with Gasteiger partial charge in [-0.05, 0) is 59.5 Å². The van der Waals surface area contributed by atoms with E-state index in [0.29, 0.717) is 0 Å². The number of likely N-dealkylation sites (tertiary alicyclic amines) is 1. The highest BCUT2D eigenvalue weighted by atomic mass is 15.2. The lowest BCUT2D eigenvalue weighted by molar-refractivity contribution is 0.130. The van der Waals surface area contributed by atoms with Gasteiger partial charge in [0.1, 0.15) is 0 Å². The molecule has 2 rings (SSSR count). The minimum absolute atomic E-state index is 0.811. The number of hydrogen-bond donors (Lipinski definition) is 1. The Morgan fingerprint density at radius 2 is 1.89 bits per heavy atom. The lowest BCUT2D eigenvalue weighted by atomic mass is 10.0. The number of hydrogen-bond acceptors (Lipinski definition) is 4. The molecule has 2 heterocycles. The van der Waals surface area contributed by atoms with Gasteiger partial charge in [0.25, 0.3) is 0 Å². The first-order chi connectivity index (χ1) is 8.75. The molecule has 0 spiro atoms. The second-order valence-corrected chi connectivity index (χ2v) is 5.96. The molecule has 0 saturated carbocycles. The van der Waals surface area contributed by atoms with E-state index in [0.717, 1.165) is 12.6 Å². The minimum atomic E-state index is 0.811. The molecule has 0 aromatic carbocycles. The molecule has 18 heavy (non-hydrogen) atoms. The van der Waals surface area contributed by atoms with Crippen LogP contribution in [0.25, 0.3) is 0 Å². The average molecular weight is 254 g/mol. The molecule has 2 saturated heterocycles. The number of nitrogens with zero attached hydrogens (tertiary/aromatic N) is 3. The zero-order chi connectivity index (χ0) is 12.8. The molecular weight excluding hydrogens is 224 g/mol. The van der Waals surface area contributed by atoms with Crippen LogP contribution in [0.1, 0.15) is 19.3 Å². The average Bonchev–Trinajstić information content (AvgIpc) is 2.65. The van der Waals surface area contributed by atoms with Crippen LogP contribution in [0.2, 0.25) is 0 Å². The van der Waals surface area contributed by atoms with Crippen LogP contribution in [0.15, 0.2) is 0 Å². The molecule has 0 aliphatic carbocycles. The van der Waals surface area contributed by atoms with Gasteiger partial charge < -0.3 is 20.0 Å². The van der Waals surface area contributed by atoms with E-state index in [9.17, 15) is 0 Å². The van der Waals surface area contributed by atoms with Crippen molar-refractivity contribution in [2.24, 2.45) is 0 Å². The zero-order valence-corrected chi connectivity index (χ0v) is 12.2. The highest BCUT2D eigenvalue weighted by Crippen LogP contribution is 2.13. The Bertz CT molecular complexity index is 218. The fourth-order valence-electron chi connectivity index (χ4n) is 3.04. The summed E-state index contributed by atoms with van der Waals surface area (Å²) in [6, 6.07) is 0.811. The lowest BCUT2D eigenvalue weighted by Gasteiger charge is -2.36. The molecule has 0 unspecified atom stereocenters. The molecule has 0 amide bonds. The van der Waals surface area contributed by atoms with Gasteiger partial charge in [-0.3, -0.25) is 0 Å². The maximum absolute atomic E-state index is 3.47. The van der Waals surface area contributed by atoms with Gasteiger partial charge in [-0.2, -0.15) is 0 Å². The van der Waals surface area contributed by atoms with Gasteiger partial charge in [-0.25, -0.2) is 0 Å². The first-order valence-electron chi connectivity index (χ1n) is 7.57. The second-order valence-electron chi connectivity index (χ2n) is 5.96. The Morgan fingerprint density at radius 1 is 1.11 bits per heavy atom. The summed E-state index contributed by atoms with van der Waals surface area (Å²) in [6.45, 7) is 9.86. The topological polar surface area (TPSA) is 21.8 Å². The third-order valence-corrected chi connectivity index (χ3v) is 4.51. The predicted octanol–water partition coefficient (Wildman–Crippen LogP) is 0.308. The summed E-state index contributed by atoms with van der Waals surface area (Å²) in [5, 5.41) is 3.47. The van der Waals surface area contributed by atoms with Crippen LogP contribution in [-0.2, 0) is 0 Å². The Labute approximate surface area is 112 Å². The van der Waals surface area contributed by atoms with Crippen molar-refractivity contribution in [1.29, 1.82) is 0 Å². The van der Waals surface area contributed by atoms with Crippen molar-refractivity contribution in [2.45, 2.75) is 25.3 Å². The van der Waals surface area contributed by atoms with Gasteiger partial charge >= 0.3 is 0 Å². The summed E-state index contributed by atoms with van der Waals surface area (Å²) in [5.41, 5.74) is 0. The SMILES string of the molecule is CN1CCC(N(C)CCN2CCCNCC2)CC1. The molecule has 0 aromatic heterocycles. The molecule has 4 nitrogen and oxygen atoms in total. The van der Waals surface area contributed by atoms with E-state index in [2.05, 4.69) is 34.1 Å². The monoisotopic (exact) mass is 254 g/mol. The molecule has 4 heteroatoms. The zero-order valence-electron chi connectivity index (χ0n) is 12.2. The molecule has 0 atom stereocenters. The lowest BCUT2D eigenvalue weighted by Crippen LogP contribution is -2.44. The third kappa shape index (κ3) is 4.50. The molecule has 1 N–H and O–H groups in total. The van der Waals surface area contributed by atoms with Crippen LogP contribution in [0.5, 0.6) is 0 Å². The Morgan fingerprint density at radius 3 is 2.67 bits per heavy atom. The van der Waals surface area contributed by atoms with E-state index in [1.807, 2.05) is 0 Å². The summed E-state index contributed by atoms with van der Waals surface area (Å²) in [7, 11) is 4.55. The molecule has 106 valence electrons. The van der Waals surface area contributed by atoms with Gasteiger partial charge in [-0.1, -0.05) is 0 Å². The fourth-order valence-corrected chi connectivity index (χ4v) is 3.04. The van der Waals surface area contributed by atoms with Gasteiger partial charge in [0.15, 0.2) is 0 Å². The van der Waals surface area contributed by atoms with Crippen molar-refractivity contribution in [3.8, 4) is 0 Å². The maximum atomic E-state index is 3.47. The van der Waals surface area contributed by atoms with Crippen LogP contribution in [-0.4, -0.2) is 87.2 Å². The van der Waals surface area contributed by atoms with Gasteiger partial charge in [-0.15, -0.1) is 0 Å². The highest BCUT2D eigenvalue weighted by molar-refractivity contribution is 4.77. The van der Waals surface area contributed by atoms with Crippen molar-refractivity contribution >= 4 is 0 Å². The third-order valence-electron chi connectivity index (χ3n) is 4.51. The highest BCUT2D eigenvalue weighted by Gasteiger charge is 2.20.